The van der Waals surface area contributed by atoms with Crippen molar-refractivity contribution in [1.29, 1.82) is 0 Å². The van der Waals surface area contributed by atoms with Gasteiger partial charge in [0.05, 0.1) is 6.61 Å². The van der Waals surface area contributed by atoms with Crippen LogP contribution >= 0.6 is 0 Å². The standard InChI is InChI=1S/C15H28O/c1-5-16-10-15(4)13-6-11(2)7-14(15)9-12(3)8-13/h11-14H,5-10H2,1-4H3. The van der Waals surface area contributed by atoms with Gasteiger partial charge in [-0.05, 0) is 61.7 Å². The van der Waals surface area contributed by atoms with Crippen LogP contribution in [-0.4, -0.2) is 13.2 Å². The van der Waals surface area contributed by atoms with Crippen LogP contribution in [0.1, 0.15) is 53.4 Å². The van der Waals surface area contributed by atoms with Crippen LogP contribution in [0.2, 0.25) is 0 Å². The molecule has 94 valence electrons. The highest BCUT2D eigenvalue weighted by Crippen LogP contribution is 2.56. The van der Waals surface area contributed by atoms with Crippen molar-refractivity contribution in [3.8, 4) is 0 Å². The molecule has 0 aromatic heterocycles. The molecule has 2 rings (SSSR count). The van der Waals surface area contributed by atoms with Crippen LogP contribution in [0.25, 0.3) is 0 Å². The maximum absolute atomic E-state index is 5.78. The third-order valence-electron chi connectivity index (χ3n) is 5.23. The van der Waals surface area contributed by atoms with Gasteiger partial charge < -0.3 is 4.74 Å². The first-order chi connectivity index (χ1) is 7.56. The van der Waals surface area contributed by atoms with Crippen LogP contribution in [0.15, 0.2) is 0 Å². The summed E-state index contributed by atoms with van der Waals surface area (Å²) in [6, 6.07) is 0. The molecule has 2 fully saturated rings. The Kier molecular flexibility index (Phi) is 3.63. The van der Waals surface area contributed by atoms with E-state index in [1.807, 2.05) is 0 Å². The Morgan fingerprint density at radius 2 is 1.44 bits per heavy atom. The molecule has 2 bridgehead atoms. The number of rotatable bonds is 3. The summed E-state index contributed by atoms with van der Waals surface area (Å²) in [5, 5.41) is 0. The quantitative estimate of drug-likeness (QED) is 0.700. The lowest BCUT2D eigenvalue weighted by atomic mass is 9.52. The molecule has 0 unspecified atom stereocenters. The summed E-state index contributed by atoms with van der Waals surface area (Å²) < 4.78 is 5.78. The van der Waals surface area contributed by atoms with E-state index in [2.05, 4.69) is 27.7 Å². The summed E-state index contributed by atoms with van der Waals surface area (Å²) in [6.45, 7) is 11.4. The SMILES string of the molecule is CCOCC1(C)C2CC(C)CC1CC(C)C2. The average molecular weight is 224 g/mol. The molecule has 0 N–H and O–H groups in total. The van der Waals surface area contributed by atoms with Crippen LogP contribution in [0.5, 0.6) is 0 Å². The molecule has 0 amide bonds. The monoisotopic (exact) mass is 224 g/mol. The molecule has 0 aromatic carbocycles. The van der Waals surface area contributed by atoms with Crippen molar-refractivity contribution in [2.75, 3.05) is 13.2 Å². The normalized spacial score (nSPS) is 48.0. The lowest BCUT2D eigenvalue weighted by molar-refractivity contribution is -0.0951. The van der Waals surface area contributed by atoms with E-state index in [0.717, 1.165) is 36.9 Å². The molecule has 0 radical (unpaired) electrons. The Morgan fingerprint density at radius 3 is 1.81 bits per heavy atom. The van der Waals surface area contributed by atoms with Gasteiger partial charge in [0.25, 0.3) is 0 Å². The van der Waals surface area contributed by atoms with Crippen molar-refractivity contribution in [3.63, 3.8) is 0 Å². The molecule has 1 heteroatoms. The maximum atomic E-state index is 5.78. The molecule has 0 aliphatic heterocycles. The van der Waals surface area contributed by atoms with Crippen LogP contribution < -0.4 is 0 Å². The minimum Gasteiger partial charge on any atom is -0.381 e. The molecule has 0 aromatic rings. The molecule has 1 nitrogen and oxygen atoms in total. The third kappa shape index (κ3) is 2.16. The Bertz CT molecular complexity index is 206. The second kappa shape index (κ2) is 4.68. The molecule has 2 saturated carbocycles. The van der Waals surface area contributed by atoms with Crippen molar-refractivity contribution in [3.05, 3.63) is 0 Å². The van der Waals surface area contributed by atoms with Crippen LogP contribution in [-0.2, 0) is 4.74 Å². The summed E-state index contributed by atoms with van der Waals surface area (Å²) in [6.07, 6.45) is 5.74. The van der Waals surface area contributed by atoms with Crippen LogP contribution in [0, 0.1) is 29.1 Å². The number of ether oxygens (including phenoxy) is 1. The minimum absolute atomic E-state index is 0.481. The number of hydrogen-bond donors (Lipinski definition) is 0. The van der Waals surface area contributed by atoms with E-state index >= 15 is 0 Å². The van der Waals surface area contributed by atoms with Crippen LogP contribution in [0.3, 0.4) is 0 Å². The summed E-state index contributed by atoms with van der Waals surface area (Å²) >= 11 is 0. The van der Waals surface area contributed by atoms with E-state index in [-0.39, 0.29) is 0 Å². The molecule has 0 atom stereocenters. The lowest BCUT2D eigenvalue weighted by Gasteiger charge is -2.54. The Balaban J connectivity index is 2.12. The van der Waals surface area contributed by atoms with Gasteiger partial charge in [0.1, 0.15) is 0 Å². The molecular weight excluding hydrogens is 196 g/mol. The van der Waals surface area contributed by atoms with Gasteiger partial charge in [0, 0.05) is 6.61 Å². The maximum Gasteiger partial charge on any atom is 0.0524 e. The Hall–Kier alpha value is -0.0400. The zero-order valence-electron chi connectivity index (χ0n) is 11.5. The first kappa shape index (κ1) is 12.4. The highest BCUT2D eigenvalue weighted by Gasteiger charge is 2.49. The third-order valence-corrected chi connectivity index (χ3v) is 5.23. The van der Waals surface area contributed by atoms with Crippen molar-refractivity contribution < 1.29 is 4.74 Å². The first-order valence-corrected chi connectivity index (χ1v) is 7.14. The highest BCUT2D eigenvalue weighted by molar-refractivity contribution is 4.98. The average Bonchev–Trinajstić information content (AvgIpc) is 2.19. The van der Waals surface area contributed by atoms with E-state index in [1.54, 1.807) is 0 Å². The summed E-state index contributed by atoms with van der Waals surface area (Å²) in [4.78, 5) is 0. The summed E-state index contributed by atoms with van der Waals surface area (Å²) in [7, 11) is 0. The fraction of sp³-hybridized carbons (Fsp3) is 1.00. The van der Waals surface area contributed by atoms with Crippen molar-refractivity contribution in [2.24, 2.45) is 29.1 Å². The molecule has 0 spiro atoms. The molecule has 2 aliphatic carbocycles. The van der Waals surface area contributed by atoms with Gasteiger partial charge in [-0.1, -0.05) is 20.8 Å². The highest BCUT2D eigenvalue weighted by atomic mass is 16.5. The lowest BCUT2D eigenvalue weighted by Crippen LogP contribution is -2.49. The number of fused-ring (bicyclic) bond motifs is 2. The smallest absolute Gasteiger partial charge is 0.0524 e. The molecule has 16 heavy (non-hydrogen) atoms. The Labute approximate surface area is 101 Å². The van der Waals surface area contributed by atoms with E-state index in [1.165, 1.54) is 25.7 Å². The fourth-order valence-electron chi connectivity index (χ4n) is 4.30. The van der Waals surface area contributed by atoms with Gasteiger partial charge in [-0.3, -0.25) is 0 Å². The van der Waals surface area contributed by atoms with Crippen molar-refractivity contribution in [2.45, 2.75) is 53.4 Å². The second-order valence-corrected chi connectivity index (χ2v) is 6.69. The zero-order valence-corrected chi connectivity index (χ0v) is 11.5. The summed E-state index contributed by atoms with van der Waals surface area (Å²) in [5.41, 5.74) is 0.481. The van der Waals surface area contributed by atoms with Gasteiger partial charge >= 0.3 is 0 Å². The number of hydrogen-bond acceptors (Lipinski definition) is 1. The molecule has 0 heterocycles. The Morgan fingerprint density at radius 1 is 1.00 bits per heavy atom. The van der Waals surface area contributed by atoms with E-state index in [9.17, 15) is 0 Å². The minimum atomic E-state index is 0.481. The van der Waals surface area contributed by atoms with Gasteiger partial charge in [0.2, 0.25) is 0 Å². The molecular formula is C15H28O. The van der Waals surface area contributed by atoms with Crippen LogP contribution in [0.4, 0.5) is 0 Å². The fourth-order valence-corrected chi connectivity index (χ4v) is 4.30. The van der Waals surface area contributed by atoms with Gasteiger partial charge in [0.15, 0.2) is 0 Å². The topological polar surface area (TPSA) is 9.23 Å². The zero-order chi connectivity index (χ0) is 11.8. The van der Waals surface area contributed by atoms with E-state index < -0.39 is 0 Å². The molecule has 2 aliphatic rings. The van der Waals surface area contributed by atoms with Gasteiger partial charge in [-0.15, -0.1) is 0 Å². The van der Waals surface area contributed by atoms with Crippen molar-refractivity contribution in [1.82, 2.24) is 0 Å². The summed E-state index contributed by atoms with van der Waals surface area (Å²) in [5.74, 6) is 3.71. The van der Waals surface area contributed by atoms with E-state index in [4.69, 9.17) is 4.74 Å². The largest absolute Gasteiger partial charge is 0.381 e. The van der Waals surface area contributed by atoms with E-state index in [0.29, 0.717) is 5.41 Å². The predicted molar refractivity (Wildman–Crippen MR) is 68.4 cm³/mol. The van der Waals surface area contributed by atoms with Gasteiger partial charge in [-0.25, -0.2) is 0 Å². The van der Waals surface area contributed by atoms with Crippen molar-refractivity contribution >= 4 is 0 Å². The predicted octanol–water partition coefficient (Wildman–Crippen LogP) is 4.12. The molecule has 0 saturated heterocycles. The first-order valence-electron chi connectivity index (χ1n) is 7.14. The van der Waals surface area contributed by atoms with Gasteiger partial charge in [-0.2, -0.15) is 0 Å². The second-order valence-electron chi connectivity index (χ2n) is 6.69.